The highest BCUT2D eigenvalue weighted by molar-refractivity contribution is 5.78. The van der Waals surface area contributed by atoms with Crippen LogP contribution >= 0.6 is 0 Å². The molecule has 0 bridgehead atoms. The monoisotopic (exact) mass is 223 g/mol. The number of rotatable bonds is 3. The van der Waals surface area contributed by atoms with Gasteiger partial charge in [0.2, 0.25) is 5.91 Å². The zero-order valence-electron chi connectivity index (χ0n) is 9.68. The molecule has 1 aliphatic rings. The van der Waals surface area contributed by atoms with Crippen LogP contribution in [0.1, 0.15) is 17.7 Å². The molecule has 1 unspecified atom stereocenters. The van der Waals surface area contributed by atoms with Crippen molar-refractivity contribution < 1.29 is 9.90 Å². The first-order valence-corrected chi connectivity index (χ1v) is 5.48. The molecule has 1 N–H and O–H groups in total. The number of aryl methyl sites for hydroxylation is 1. The molecular weight excluding hydrogens is 206 g/mol. The van der Waals surface area contributed by atoms with Crippen molar-refractivity contribution in [2.24, 2.45) is 13.0 Å². The first-order chi connectivity index (χ1) is 7.61. The van der Waals surface area contributed by atoms with Crippen LogP contribution in [0.15, 0.2) is 6.20 Å². The van der Waals surface area contributed by atoms with Gasteiger partial charge < -0.3 is 10.0 Å². The standard InChI is InChI=1S/C11H17N3O2/c1-8-10(4-12-13(8)2)6-14-5-9(7-15)3-11(14)16/h4,9,15H,3,5-7H2,1-2H3. The van der Waals surface area contributed by atoms with Crippen molar-refractivity contribution in [3.05, 3.63) is 17.5 Å². The van der Waals surface area contributed by atoms with Crippen LogP contribution in [0.3, 0.4) is 0 Å². The average Bonchev–Trinajstić information content (AvgIpc) is 2.77. The lowest BCUT2D eigenvalue weighted by molar-refractivity contribution is -0.128. The van der Waals surface area contributed by atoms with Crippen LogP contribution in [0.25, 0.3) is 0 Å². The number of likely N-dealkylation sites (tertiary alicyclic amines) is 1. The Balaban J connectivity index is 2.05. The molecule has 16 heavy (non-hydrogen) atoms. The molecule has 88 valence electrons. The highest BCUT2D eigenvalue weighted by atomic mass is 16.3. The van der Waals surface area contributed by atoms with Gasteiger partial charge in [0.05, 0.1) is 6.20 Å². The van der Waals surface area contributed by atoms with Crippen molar-refractivity contribution >= 4 is 5.91 Å². The third-order valence-electron chi connectivity index (χ3n) is 3.25. The number of carbonyl (C=O) groups is 1. The highest BCUT2D eigenvalue weighted by Crippen LogP contribution is 2.20. The third-order valence-corrected chi connectivity index (χ3v) is 3.25. The van der Waals surface area contributed by atoms with Gasteiger partial charge in [-0.15, -0.1) is 0 Å². The van der Waals surface area contributed by atoms with E-state index in [1.165, 1.54) is 0 Å². The molecule has 0 radical (unpaired) electrons. The fraction of sp³-hybridized carbons (Fsp3) is 0.636. The summed E-state index contributed by atoms with van der Waals surface area (Å²) >= 11 is 0. The number of amides is 1. The molecular formula is C11H17N3O2. The summed E-state index contributed by atoms with van der Waals surface area (Å²) < 4.78 is 1.80. The number of hydrogen-bond donors (Lipinski definition) is 1. The van der Waals surface area contributed by atoms with E-state index in [0.717, 1.165) is 11.3 Å². The van der Waals surface area contributed by atoms with Crippen LogP contribution in [0.2, 0.25) is 0 Å². The van der Waals surface area contributed by atoms with Gasteiger partial charge >= 0.3 is 0 Å². The lowest BCUT2D eigenvalue weighted by Gasteiger charge is -2.15. The number of nitrogens with zero attached hydrogens (tertiary/aromatic N) is 3. The minimum atomic E-state index is 0.0915. The molecule has 0 aromatic carbocycles. The van der Waals surface area contributed by atoms with Crippen LogP contribution in [-0.4, -0.2) is 38.8 Å². The van der Waals surface area contributed by atoms with Crippen molar-refractivity contribution in [2.75, 3.05) is 13.2 Å². The number of hydrogen-bond acceptors (Lipinski definition) is 3. The van der Waals surface area contributed by atoms with Crippen LogP contribution in [0.5, 0.6) is 0 Å². The molecule has 1 amide bonds. The predicted octanol–water partition coefficient (Wildman–Crippen LogP) is 0.0693. The molecule has 0 saturated carbocycles. The molecule has 5 heteroatoms. The smallest absolute Gasteiger partial charge is 0.223 e. The van der Waals surface area contributed by atoms with E-state index in [0.29, 0.717) is 19.5 Å². The summed E-state index contributed by atoms with van der Waals surface area (Å²) in [6.07, 6.45) is 2.27. The maximum Gasteiger partial charge on any atom is 0.223 e. The van der Waals surface area contributed by atoms with Crippen molar-refractivity contribution in [3.63, 3.8) is 0 Å². The van der Waals surface area contributed by atoms with E-state index >= 15 is 0 Å². The Morgan fingerprint density at radius 3 is 2.88 bits per heavy atom. The molecule has 1 atom stereocenters. The quantitative estimate of drug-likeness (QED) is 0.789. The van der Waals surface area contributed by atoms with Gasteiger partial charge in [0.1, 0.15) is 0 Å². The van der Waals surface area contributed by atoms with Crippen LogP contribution < -0.4 is 0 Å². The first kappa shape index (κ1) is 11.1. The fourth-order valence-electron chi connectivity index (χ4n) is 2.03. The average molecular weight is 223 g/mol. The van der Waals surface area contributed by atoms with Crippen LogP contribution in [-0.2, 0) is 18.4 Å². The Morgan fingerprint density at radius 2 is 2.38 bits per heavy atom. The highest BCUT2D eigenvalue weighted by Gasteiger charge is 2.29. The summed E-state index contributed by atoms with van der Waals surface area (Å²) in [5.74, 6) is 0.229. The first-order valence-electron chi connectivity index (χ1n) is 5.48. The Kier molecular flexibility index (Phi) is 2.96. The van der Waals surface area contributed by atoms with Gasteiger partial charge in [0.15, 0.2) is 0 Å². The fourth-order valence-corrected chi connectivity index (χ4v) is 2.03. The topological polar surface area (TPSA) is 58.4 Å². The largest absolute Gasteiger partial charge is 0.396 e. The van der Waals surface area contributed by atoms with Crippen LogP contribution in [0.4, 0.5) is 0 Å². The molecule has 1 saturated heterocycles. The van der Waals surface area contributed by atoms with Crippen molar-refractivity contribution in [2.45, 2.75) is 19.9 Å². The summed E-state index contributed by atoms with van der Waals surface area (Å²) in [6, 6.07) is 0. The normalized spacial score (nSPS) is 20.8. The van der Waals surface area contributed by atoms with E-state index in [1.54, 1.807) is 15.8 Å². The molecule has 1 fully saturated rings. The lowest BCUT2D eigenvalue weighted by Crippen LogP contribution is -2.25. The van der Waals surface area contributed by atoms with Gasteiger partial charge in [-0.1, -0.05) is 0 Å². The van der Waals surface area contributed by atoms with E-state index in [-0.39, 0.29) is 18.4 Å². The Hall–Kier alpha value is -1.36. The zero-order chi connectivity index (χ0) is 11.7. The van der Waals surface area contributed by atoms with Crippen molar-refractivity contribution in [1.82, 2.24) is 14.7 Å². The second kappa shape index (κ2) is 4.25. The summed E-state index contributed by atoms with van der Waals surface area (Å²) in [4.78, 5) is 13.5. The van der Waals surface area contributed by atoms with Gasteiger partial charge in [-0.05, 0) is 6.92 Å². The van der Waals surface area contributed by atoms with Gasteiger partial charge in [-0.25, -0.2) is 0 Å². The molecule has 0 aliphatic carbocycles. The second-order valence-electron chi connectivity index (χ2n) is 4.41. The Labute approximate surface area is 94.7 Å². The molecule has 5 nitrogen and oxygen atoms in total. The molecule has 1 aliphatic heterocycles. The maximum absolute atomic E-state index is 11.7. The number of aliphatic hydroxyl groups is 1. The number of carbonyl (C=O) groups excluding carboxylic acids is 1. The van der Waals surface area contributed by atoms with Gasteiger partial charge in [-0.3, -0.25) is 9.48 Å². The maximum atomic E-state index is 11.7. The molecule has 1 aromatic heterocycles. The number of aliphatic hydroxyl groups excluding tert-OH is 1. The minimum Gasteiger partial charge on any atom is -0.396 e. The second-order valence-corrected chi connectivity index (χ2v) is 4.41. The van der Waals surface area contributed by atoms with Crippen LogP contribution in [0, 0.1) is 12.8 Å². The predicted molar refractivity (Wildman–Crippen MR) is 58.6 cm³/mol. The van der Waals surface area contributed by atoms with E-state index in [9.17, 15) is 4.79 Å². The molecule has 2 heterocycles. The number of aromatic nitrogens is 2. The lowest BCUT2D eigenvalue weighted by atomic mass is 10.1. The summed E-state index contributed by atoms with van der Waals surface area (Å²) in [6.45, 7) is 3.35. The van der Waals surface area contributed by atoms with E-state index < -0.39 is 0 Å². The van der Waals surface area contributed by atoms with Gasteiger partial charge in [-0.2, -0.15) is 5.10 Å². The molecule has 2 rings (SSSR count). The van der Waals surface area contributed by atoms with Crippen molar-refractivity contribution in [3.8, 4) is 0 Å². The third kappa shape index (κ3) is 1.95. The van der Waals surface area contributed by atoms with E-state index in [2.05, 4.69) is 5.10 Å². The summed E-state index contributed by atoms with van der Waals surface area (Å²) in [7, 11) is 1.89. The molecule has 1 aromatic rings. The van der Waals surface area contributed by atoms with Crippen molar-refractivity contribution in [1.29, 1.82) is 0 Å². The SMILES string of the molecule is Cc1c(CN2CC(CO)CC2=O)cnn1C. The van der Waals surface area contributed by atoms with Gasteiger partial charge in [0, 0.05) is 50.3 Å². The Morgan fingerprint density at radius 1 is 1.62 bits per heavy atom. The minimum absolute atomic E-state index is 0.0915. The summed E-state index contributed by atoms with van der Waals surface area (Å²) in [5, 5.41) is 13.2. The Bertz CT molecular complexity index is 400. The van der Waals surface area contributed by atoms with E-state index in [4.69, 9.17) is 5.11 Å². The summed E-state index contributed by atoms with van der Waals surface area (Å²) in [5.41, 5.74) is 2.16. The van der Waals surface area contributed by atoms with E-state index in [1.807, 2.05) is 14.0 Å². The molecule has 0 spiro atoms. The zero-order valence-corrected chi connectivity index (χ0v) is 9.68. The van der Waals surface area contributed by atoms with Gasteiger partial charge in [0.25, 0.3) is 0 Å².